The molecule has 1 aliphatic heterocycles. The number of ether oxygens (including phenoxy) is 1. The molecule has 1 heterocycles. The van der Waals surface area contributed by atoms with E-state index >= 15 is 0 Å². The summed E-state index contributed by atoms with van der Waals surface area (Å²) in [6, 6.07) is 6.60. The van der Waals surface area contributed by atoms with Gasteiger partial charge in [-0.1, -0.05) is 6.07 Å². The largest absolute Gasteiger partial charge is 0.397 e. The van der Waals surface area contributed by atoms with Crippen molar-refractivity contribution in [1.29, 1.82) is 0 Å². The zero-order valence-electron chi connectivity index (χ0n) is 10.9. The first-order valence-electron chi connectivity index (χ1n) is 6.23. The van der Waals surface area contributed by atoms with Crippen molar-refractivity contribution in [3.63, 3.8) is 0 Å². The van der Waals surface area contributed by atoms with Gasteiger partial charge in [0.25, 0.3) is 0 Å². The van der Waals surface area contributed by atoms with Gasteiger partial charge in [-0.3, -0.25) is 0 Å². The maximum atomic E-state index is 6.01. The first kappa shape index (κ1) is 12.2. The maximum Gasteiger partial charge on any atom is 0.0646 e. The number of rotatable bonds is 2. The molecule has 1 aliphatic rings. The van der Waals surface area contributed by atoms with E-state index in [4.69, 9.17) is 10.5 Å². The fourth-order valence-electron chi connectivity index (χ4n) is 2.39. The molecule has 1 atom stereocenters. The van der Waals surface area contributed by atoms with E-state index in [1.54, 1.807) is 0 Å². The fraction of sp³-hybridized carbons (Fsp3) is 0.571. The van der Waals surface area contributed by atoms with Crippen LogP contribution in [0.2, 0.25) is 0 Å². The summed E-state index contributed by atoms with van der Waals surface area (Å²) in [7, 11) is 0. The van der Waals surface area contributed by atoms with Crippen LogP contribution in [-0.4, -0.2) is 18.2 Å². The number of anilines is 2. The molecule has 0 aliphatic carbocycles. The number of nitrogens with one attached hydrogen (secondary N) is 1. The molecular formula is C14H22N2O. The minimum atomic E-state index is -0.0324. The van der Waals surface area contributed by atoms with Crippen molar-refractivity contribution in [1.82, 2.24) is 0 Å². The van der Waals surface area contributed by atoms with E-state index in [1.165, 1.54) is 5.56 Å². The van der Waals surface area contributed by atoms with Crippen LogP contribution in [0.4, 0.5) is 11.4 Å². The fourth-order valence-corrected chi connectivity index (χ4v) is 2.39. The predicted molar refractivity (Wildman–Crippen MR) is 72.3 cm³/mol. The number of benzene rings is 1. The second-order valence-electron chi connectivity index (χ2n) is 5.53. The van der Waals surface area contributed by atoms with Gasteiger partial charge in [0.1, 0.15) is 0 Å². The highest BCUT2D eigenvalue weighted by Crippen LogP contribution is 2.28. The van der Waals surface area contributed by atoms with Gasteiger partial charge in [-0.25, -0.2) is 0 Å². The highest BCUT2D eigenvalue weighted by atomic mass is 16.5. The molecule has 0 saturated carbocycles. The number of nitrogen functional groups attached to an aromatic ring is 1. The lowest BCUT2D eigenvalue weighted by molar-refractivity contribution is -0.0553. The highest BCUT2D eigenvalue weighted by molar-refractivity contribution is 5.67. The van der Waals surface area contributed by atoms with Gasteiger partial charge < -0.3 is 15.8 Å². The molecule has 3 N–H and O–H groups in total. The van der Waals surface area contributed by atoms with Crippen LogP contribution in [-0.2, 0) is 4.74 Å². The number of hydrogen-bond donors (Lipinski definition) is 2. The third-order valence-corrected chi connectivity index (χ3v) is 3.26. The second-order valence-corrected chi connectivity index (χ2v) is 5.53. The Morgan fingerprint density at radius 2 is 2.18 bits per heavy atom. The van der Waals surface area contributed by atoms with Crippen molar-refractivity contribution in [2.45, 2.75) is 45.3 Å². The van der Waals surface area contributed by atoms with E-state index in [-0.39, 0.29) is 5.60 Å². The zero-order chi connectivity index (χ0) is 12.5. The summed E-state index contributed by atoms with van der Waals surface area (Å²) in [6.45, 7) is 7.15. The van der Waals surface area contributed by atoms with Crippen LogP contribution in [0.3, 0.4) is 0 Å². The highest BCUT2D eigenvalue weighted by Gasteiger charge is 2.28. The minimum absolute atomic E-state index is 0.0324. The number of aryl methyl sites for hydroxylation is 1. The topological polar surface area (TPSA) is 47.3 Å². The van der Waals surface area contributed by atoms with Crippen molar-refractivity contribution >= 4 is 11.4 Å². The molecule has 1 aromatic rings. The molecule has 0 radical (unpaired) electrons. The molecule has 94 valence electrons. The Labute approximate surface area is 103 Å². The second kappa shape index (κ2) is 4.57. The van der Waals surface area contributed by atoms with Crippen molar-refractivity contribution in [3.05, 3.63) is 23.8 Å². The molecule has 17 heavy (non-hydrogen) atoms. The predicted octanol–water partition coefficient (Wildman–Crippen LogP) is 2.95. The van der Waals surface area contributed by atoms with Crippen LogP contribution in [0.5, 0.6) is 0 Å². The van der Waals surface area contributed by atoms with E-state index in [9.17, 15) is 0 Å². The lowest BCUT2D eigenvalue weighted by Gasteiger charge is -2.36. The Balaban J connectivity index is 2.05. The van der Waals surface area contributed by atoms with E-state index in [0.29, 0.717) is 6.04 Å². The van der Waals surface area contributed by atoms with Crippen LogP contribution >= 0.6 is 0 Å². The zero-order valence-corrected chi connectivity index (χ0v) is 10.9. The lowest BCUT2D eigenvalue weighted by atomic mass is 9.93. The first-order chi connectivity index (χ1) is 7.96. The molecule has 3 nitrogen and oxygen atoms in total. The summed E-state index contributed by atoms with van der Waals surface area (Å²) >= 11 is 0. The molecule has 0 bridgehead atoms. The summed E-state index contributed by atoms with van der Waals surface area (Å²) in [5, 5.41) is 3.53. The van der Waals surface area contributed by atoms with E-state index < -0.39 is 0 Å². The van der Waals surface area contributed by atoms with E-state index in [0.717, 1.165) is 30.8 Å². The van der Waals surface area contributed by atoms with Gasteiger partial charge in [0, 0.05) is 12.6 Å². The van der Waals surface area contributed by atoms with Gasteiger partial charge in [-0.2, -0.15) is 0 Å². The summed E-state index contributed by atoms with van der Waals surface area (Å²) in [5.41, 5.74) is 9.04. The van der Waals surface area contributed by atoms with Crippen molar-refractivity contribution in [3.8, 4) is 0 Å². The standard InChI is InChI=1S/C14H22N2O/c1-10-4-5-13(12(15)8-10)16-11-6-7-17-14(2,3)9-11/h4-5,8,11,16H,6-7,9,15H2,1-3H3. The summed E-state index contributed by atoms with van der Waals surface area (Å²) in [4.78, 5) is 0. The number of nitrogens with two attached hydrogens (primary N) is 1. The van der Waals surface area contributed by atoms with Gasteiger partial charge in [0.2, 0.25) is 0 Å². The van der Waals surface area contributed by atoms with E-state index in [2.05, 4.69) is 38.2 Å². The van der Waals surface area contributed by atoms with Gasteiger partial charge in [-0.15, -0.1) is 0 Å². The summed E-state index contributed by atoms with van der Waals surface area (Å²) in [5.74, 6) is 0. The van der Waals surface area contributed by atoms with Crippen molar-refractivity contribution in [2.24, 2.45) is 0 Å². The van der Waals surface area contributed by atoms with Gasteiger partial charge in [-0.05, 0) is 51.3 Å². The molecular weight excluding hydrogens is 212 g/mol. The van der Waals surface area contributed by atoms with Crippen molar-refractivity contribution < 1.29 is 4.74 Å². The average Bonchev–Trinajstić information content (AvgIpc) is 2.21. The van der Waals surface area contributed by atoms with Crippen LogP contribution in [0.15, 0.2) is 18.2 Å². The molecule has 1 saturated heterocycles. The Hall–Kier alpha value is -1.22. The number of hydrogen-bond acceptors (Lipinski definition) is 3. The third-order valence-electron chi connectivity index (χ3n) is 3.26. The normalized spacial score (nSPS) is 23.4. The summed E-state index contributed by atoms with van der Waals surface area (Å²) in [6.07, 6.45) is 2.05. The lowest BCUT2D eigenvalue weighted by Crippen LogP contribution is -2.40. The van der Waals surface area contributed by atoms with Crippen LogP contribution in [0.1, 0.15) is 32.3 Å². The molecule has 1 unspecified atom stereocenters. The van der Waals surface area contributed by atoms with E-state index in [1.807, 2.05) is 6.07 Å². The molecule has 2 rings (SSSR count). The molecule has 3 heteroatoms. The van der Waals surface area contributed by atoms with Crippen LogP contribution < -0.4 is 11.1 Å². The van der Waals surface area contributed by atoms with Crippen molar-refractivity contribution in [2.75, 3.05) is 17.7 Å². The van der Waals surface area contributed by atoms with Gasteiger partial charge >= 0.3 is 0 Å². The Morgan fingerprint density at radius 3 is 2.82 bits per heavy atom. The molecule has 1 aromatic carbocycles. The van der Waals surface area contributed by atoms with Crippen LogP contribution in [0.25, 0.3) is 0 Å². The Bertz CT molecular complexity index is 401. The SMILES string of the molecule is Cc1ccc(NC2CCOC(C)(C)C2)c(N)c1. The monoisotopic (exact) mass is 234 g/mol. The minimum Gasteiger partial charge on any atom is -0.397 e. The summed E-state index contributed by atoms with van der Waals surface area (Å²) < 4.78 is 5.71. The molecule has 1 fully saturated rings. The maximum absolute atomic E-state index is 6.01. The smallest absolute Gasteiger partial charge is 0.0646 e. The molecule has 0 amide bonds. The Morgan fingerprint density at radius 1 is 1.41 bits per heavy atom. The third kappa shape index (κ3) is 3.13. The molecule has 0 aromatic heterocycles. The van der Waals surface area contributed by atoms with Gasteiger partial charge in [0.15, 0.2) is 0 Å². The molecule has 0 spiro atoms. The van der Waals surface area contributed by atoms with Crippen LogP contribution in [0, 0.1) is 6.92 Å². The average molecular weight is 234 g/mol. The van der Waals surface area contributed by atoms with Gasteiger partial charge in [0.05, 0.1) is 17.0 Å². The quantitative estimate of drug-likeness (QED) is 0.773. The Kier molecular flexibility index (Phi) is 3.29. The first-order valence-corrected chi connectivity index (χ1v) is 6.23.